The van der Waals surface area contributed by atoms with E-state index in [1.807, 2.05) is 13.8 Å². The fourth-order valence-electron chi connectivity index (χ4n) is 1.95. The molecule has 0 unspecified atom stereocenters. The van der Waals surface area contributed by atoms with Gasteiger partial charge in [0.15, 0.2) is 6.10 Å². The number of nitrogens with one attached hydrogen (secondary N) is 1. The highest BCUT2D eigenvalue weighted by Gasteiger charge is 2.36. The summed E-state index contributed by atoms with van der Waals surface area (Å²) >= 11 is 0. The molecular weight excluding hydrogens is 434 g/mol. The second-order valence-corrected chi connectivity index (χ2v) is 9.84. The molecule has 2 N–H and O–H groups in total. The lowest BCUT2D eigenvalue weighted by Gasteiger charge is -2.28. The fraction of sp³-hybridized carbons (Fsp3) is 0.842. The van der Waals surface area contributed by atoms with E-state index in [1.54, 1.807) is 0 Å². The quantitative estimate of drug-likeness (QED) is 0.201. The Morgan fingerprint density at radius 3 is 2.23 bits per heavy atom. The Hall–Kier alpha value is -1.92. The summed E-state index contributed by atoms with van der Waals surface area (Å²) in [6, 6.07) is 0. The first-order valence-corrected chi connectivity index (χ1v) is 11.6. The molecule has 0 fully saturated rings. The van der Waals surface area contributed by atoms with Crippen molar-refractivity contribution < 1.29 is 46.3 Å². The van der Waals surface area contributed by atoms with Gasteiger partial charge in [-0.25, -0.2) is 9.59 Å². The highest BCUT2D eigenvalue weighted by Crippen LogP contribution is 2.23. The monoisotopic (exact) mass is 469 g/mol. The van der Waals surface area contributed by atoms with Gasteiger partial charge in [-0.3, -0.25) is 8.98 Å². The van der Waals surface area contributed by atoms with Crippen LogP contribution >= 0.6 is 0 Å². The molecule has 0 aromatic rings. The van der Waals surface area contributed by atoms with Gasteiger partial charge in [0, 0.05) is 25.3 Å². The Kier molecular flexibility index (Phi) is 13.3. The molecule has 0 aromatic heterocycles. The smallest absolute Gasteiger partial charge is 0.464 e. The Balaban J connectivity index is 4.23. The van der Waals surface area contributed by atoms with E-state index < -0.39 is 40.4 Å². The Bertz CT molecular complexity index is 675. The molecular formula is C19H35NO10S. The SMILES string of the molecule is CC(=O)NCCCS(=O)(=O)OCC(C)(C)[C@@H](O)C(=O)OCCCOC(=O)OCC(C)C. The Morgan fingerprint density at radius 2 is 1.65 bits per heavy atom. The summed E-state index contributed by atoms with van der Waals surface area (Å²) in [7, 11) is -3.89. The molecule has 0 saturated heterocycles. The van der Waals surface area contributed by atoms with E-state index in [9.17, 15) is 27.9 Å². The number of aliphatic hydroxyl groups excluding tert-OH is 1. The number of carbonyl (C=O) groups excluding carboxylic acids is 3. The molecule has 0 aromatic carbocycles. The van der Waals surface area contributed by atoms with Gasteiger partial charge >= 0.3 is 12.1 Å². The third-order valence-electron chi connectivity index (χ3n) is 3.81. The minimum Gasteiger partial charge on any atom is -0.464 e. The first kappa shape index (κ1) is 29.1. The molecule has 0 aliphatic heterocycles. The lowest BCUT2D eigenvalue weighted by molar-refractivity contribution is -0.161. The molecule has 31 heavy (non-hydrogen) atoms. The van der Waals surface area contributed by atoms with E-state index >= 15 is 0 Å². The van der Waals surface area contributed by atoms with Crippen LogP contribution in [-0.4, -0.2) is 76.4 Å². The first-order chi connectivity index (χ1) is 14.3. The van der Waals surface area contributed by atoms with Crippen molar-refractivity contribution in [2.24, 2.45) is 11.3 Å². The van der Waals surface area contributed by atoms with Crippen LogP contribution in [0.4, 0.5) is 4.79 Å². The van der Waals surface area contributed by atoms with Crippen LogP contribution in [0.5, 0.6) is 0 Å². The van der Waals surface area contributed by atoms with Crippen LogP contribution in [0.15, 0.2) is 0 Å². The summed E-state index contributed by atoms with van der Waals surface area (Å²) in [5, 5.41) is 12.7. The van der Waals surface area contributed by atoms with E-state index in [-0.39, 0.29) is 56.8 Å². The molecule has 12 heteroatoms. The van der Waals surface area contributed by atoms with Crippen molar-refractivity contribution >= 4 is 28.1 Å². The van der Waals surface area contributed by atoms with Crippen molar-refractivity contribution in [3.8, 4) is 0 Å². The highest BCUT2D eigenvalue weighted by atomic mass is 32.2. The number of carbonyl (C=O) groups is 3. The first-order valence-electron chi connectivity index (χ1n) is 10.0. The Labute approximate surface area is 183 Å². The van der Waals surface area contributed by atoms with Crippen molar-refractivity contribution in [2.45, 2.75) is 53.6 Å². The van der Waals surface area contributed by atoms with Crippen LogP contribution in [0, 0.1) is 11.3 Å². The maximum absolute atomic E-state index is 12.0. The molecule has 182 valence electrons. The minimum absolute atomic E-state index is 0.0243. The Morgan fingerprint density at radius 1 is 1.03 bits per heavy atom. The summed E-state index contributed by atoms with van der Waals surface area (Å²) in [5.74, 6) is -1.34. The lowest BCUT2D eigenvalue weighted by Crippen LogP contribution is -2.41. The summed E-state index contributed by atoms with van der Waals surface area (Å²) in [4.78, 5) is 34.1. The third-order valence-corrected chi connectivity index (χ3v) is 5.07. The molecule has 0 saturated carbocycles. The van der Waals surface area contributed by atoms with Crippen LogP contribution in [0.2, 0.25) is 0 Å². The van der Waals surface area contributed by atoms with Crippen LogP contribution in [0.1, 0.15) is 47.5 Å². The van der Waals surface area contributed by atoms with Crippen LogP contribution in [0.25, 0.3) is 0 Å². The van der Waals surface area contributed by atoms with Crippen molar-refractivity contribution in [3.63, 3.8) is 0 Å². The molecule has 0 aliphatic carbocycles. The van der Waals surface area contributed by atoms with Gasteiger partial charge < -0.3 is 24.6 Å². The maximum atomic E-state index is 12.0. The van der Waals surface area contributed by atoms with E-state index in [4.69, 9.17) is 18.4 Å². The predicted molar refractivity (Wildman–Crippen MR) is 111 cm³/mol. The van der Waals surface area contributed by atoms with Gasteiger partial charge in [-0.1, -0.05) is 27.7 Å². The number of hydrogen-bond donors (Lipinski definition) is 2. The van der Waals surface area contributed by atoms with Gasteiger partial charge in [0.25, 0.3) is 10.1 Å². The molecule has 0 spiro atoms. The van der Waals surface area contributed by atoms with E-state index in [1.165, 1.54) is 20.8 Å². The topological polar surface area (TPSA) is 155 Å². The zero-order chi connectivity index (χ0) is 24.1. The van der Waals surface area contributed by atoms with Crippen LogP contribution in [-0.2, 0) is 38.1 Å². The number of rotatable bonds is 15. The normalized spacial score (nSPS) is 12.9. The minimum atomic E-state index is -3.89. The highest BCUT2D eigenvalue weighted by molar-refractivity contribution is 7.86. The summed E-state index contributed by atoms with van der Waals surface area (Å²) in [6.07, 6.45) is -2.06. The van der Waals surface area contributed by atoms with E-state index in [0.29, 0.717) is 0 Å². The molecule has 0 aliphatic rings. The van der Waals surface area contributed by atoms with Gasteiger partial charge in [-0.15, -0.1) is 0 Å². The van der Waals surface area contributed by atoms with E-state index in [2.05, 4.69) is 5.32 Å². The molecule has 0 rings (SSSR count). The van der Waals surface area contributed by atoms with Crippen LogP contribution in [0.3, 0.4) is 0 Å². The lowest BCUT2D eigenvalue weighted by atomic mass is 9.88. The van der Waals surface area contributed by atoms with Gasteiger partial charge in [0.2, 0.25) is 5.91 Å². The summed E-state index contributed by atoms with van der Waals surface area (Å²) < 4.78 is 43.3. The molecule has 0 heterocycles. The largest absolute Gasteiger partial charge is 0.508 e. The summed E-state index contributed by atoms with van der Waals surface area (Å²) in [6.45, 7) is 7.87. The average Bonchev–Trinajstić information content (AvgIpc) is 2.67. The zero-order valence-electron chi connectivity index (χ0n) is 18.8. The standard InChI is InChI=1S/C19H35NO10S/c1-14(2)12-29-18(24)28-10-7-9-27-17(23)16(22)19(4,5)13-30-31(25,26)11-6-8-20-15(3)21/h14,16,22H,6-13H2,1-5H3,(H,20,21)/t16-/m0/s1. The molecule has 0 radical (unpaired) electrons. The number of esters is 1. The molecule has 11 nitrogen and oxygen atoms in total. The average molecular weight is 470 g/mol. The molecule has 0 bridgehead atoms. The maximum Gasteiger partial charge on any atom is 0.508 e. The zero-order valence-corrected chi connectivity index (χ0v) is 19.7. The van der Waals surface area contributed by atoms with Gasteiger partial charge in [-0.2, -0.15) is 8.42 Å². The number of hydrogen-bond acceptors (Lipinski definition) is 10. The van der Waals surface area contributed by atoms with Crippen molar-refractivity contribution in [1.82, 2.24) is 5.32 Å². The third kappa shape index (κ3) is 14.7. The summed E-state index contributed by atoms with van der Waals surface area (Å²) in [5.41, 5.74) is -1.24. The van der Waals surface area contributed by atoms with Gasteiger partial charge in [0.1, 0.15) is 0 Å². The van der Waals surface area contributed by atoms with Gasteiger partial charge in [0.05, 0.1) is 32.2 Å². The molecule has 1 atom stereocenters. The number of ether oxygens (including phenoxy) is 3. The predicted octanol–water partition coefficient (Wildman–Crippen LogP) is 0.989. The van der Waals surface area contributed by atoms with Gasteiger partial charge in [-0.05, 0) is 12.3 Å². The second-order valence-electron chi connectivity index (χ2n) is 8.08. The number of aliphatic hydroxyl groups is 1. The van der Waals surface area contributed by atoms with Crippen molar-refractivity contribution in [2.75, 3.05) is 38.7 Å². The number of amides is 1. The molecule has 1 amide bonds. The fourth-order valence-corrected chi connectivity index (χ4v) is 3.05. The van der Waals surface area contributed by atoms with E-state index in [0.717, 1.165) is 0 Å². The second kappa shape index (κ2) is 14.2. The van der Waals surface area contributed by atoms with Crippen molar-refractivity contribution in [1.29, 1.82) is 0 Å². The van der Waals surface area contributed by atoms with Crippen molar-refractivity contribution in [3.05, 3.63) is 0 Å². The van der Waals surface area contributed by atoms with Crippen LogP contribution < -0.4 is 5.32 Å².